The molecule has 2 atom stereocenters. The molecule has 0 spiro atoms. The van der Waals surface area contributed by atoms with Crippen LogP contribution in [0, 0.1) is 17.2 Å². The summed E-state index contributed by atoms with van der Waals surface area (Å²) in [5.74, 6) is -2.01. The molecule has 10 heteroatoms. The van der Waals surface area contributed by atoms with E-state index in [9.17, 15) is 31.1 Å². The first-order valence-electron chi connectivity index (χ1n) is 6.61. The van der Waals surface area contributed by atoms with Gasteiger partial charge in [0.2, 0.25) is 0 Å². The maximum Gasteiger partial charge on any atom is 0.417 e. The molecule has 1 aliphatic rings. The smallest absolute Gasteiger partial charge is 0.417 e. The van der Waals surface area contributed by atoms with E-state index >= 15 is 0 Å². The Kier molecular flexibility index (Phi) is 4.39. The predicted octanol–water partition coefficient (Wildman–Crippen LogP) is 4.10. The average molecular weight is 352 g/mol. The van der Waals surface area contributed by atoms with Gasteiger partial charge in [0.15, 0.2) is 0 Å². The minimum atomic E-state index is -4.89. The minimum Gasteiger partial charge on any atom is -0.447 e. The quantitative estimate of drug-likeness (QED) is 0.753. The second-order valence-electron chi connectivity index (χ2n) is 5.18. The van der Waals surface area contributed by atoms with E-state index in [0.29, 0.717) is 11.0 Å². The number of ether oxygens (including phenoxy) is 1. The third-order valence-electron chi connectivity index (χ3n) is 3.71. The fourth-order valence-corrected chi connectivity index (χ4v) is 2.33. The van der Waals surface area contributed by atoms with Gasteiger partial charge in [0.05, 0.1) is 29.2 Å². The third-order valence-corrected chi connectivity index (χ3v) is 3.71. The highest BCUT2D eigenvalue weighted by Crippen LogP contribution is 2.39. The van der Waals surface area contributed by atoms with Crippen molar-refractivity contribution < 1.29 is 35.9 Å². The van der Waals surface area contributed by atoms with Gasteiger partial charge in [-0.2, -0.15) is 31.6 Å². The molecule has 1 amide bonds. The van der Waals surface area contributed by atoms with Gasteiger partial charge in [-0.25, -0.2) is 4.79 Å². The Morgan fingerprint density at radius 1 is 1.29 bits per heavy atom. The number of carbonyl (C=O) groups is 1. The number of nitriles is 1. The summed E-state index contributed by atoms with van der Waals surface area (Å²) in [5, 5.41) is 8.73. The molecule has 1 aromatic carbocycles. The number of amides is 1. The van der Waals surface area contributed by atoms with Gasteiger partial charge in [-0.1, -0.05) is 6.92 Å². The van der Waals surface area contributed by atoms with Crippen LogP contribution in [-0.2, 0) is 10.9 Å². The molecule has 1 heterocycles. The van der Waals surface area contributed by atoms with Gasteiger partial charge in [-0.15, -0.1) is 0 Å². The van der Waals surface area contributed by atoms with Gasteiger partial charge in [0.1, 0.15) is 6.61 Å². The number of anilines is 1. The third kappa shape index (κ3) is 3.25. The summed E-state index contributed by atoms with van der Waals surface area (Å²) in [4.78, 5) is 12.3. The Morgan fingerprint density at radius 3 is 2.42 bits per heavy atom. The zero-order valence-electron chi connectivity index (χ0n) is 12.1. The van der Waals surface area contributed by atoms with Gasteiger partial charge < -0.3 is 4.74 Å². The van der Waals surface area contributed by atoms with Crippen molar-refractivity contribution in [1.29, 1.82) is 5.26 Å². The van der Waals surface area contributed by atoms with Crippen LogP contribution in [0.25, 0.3) is 0 Å². The maximum atomic E-state index is 13.0. The number of hydrogen-bond donors (Lipinski definition) is 0. The van der Waals surface area contributed by atoms with E-state index < -0.39 is 53.8 Å². The number of alkyl halides is 6. The van der Waals surface area contributed by atoms with Crippen LogP contribution in [-0.4, -0.2) is 24.9 Å². The standard InChI is InChI=1S/C14H10F6N2O2/c1-7(13(15,16)17)11-6-24-12(23)22(11)9-3-2-8(5-21)10(4-9)14(18,19)20/h2-4,7,11H,6H2,1H3. The molecule has 0 aromatic heterocycles. The Labute approximate surface area is 132 Å². The number of rotatable bonds is 2. The van der Waals surface area contributed by atoms with Crippen LogP contribution < -0.4 is 4.90 Å². The Hall–Kier alpha value is -2.44. The molecule has 0 saturated carbocycles. The van der Waals surface area contributed by atoms with Crippen LogP contribution in [0.4, 0.5) is 36.8 Å². The molecular formula is C14H10F6N2O2. The highest BCUT2D eigenvalue weighted by molar-refractivity contribution is 5.90. The number of cyclic esters (lactones) is 1. The van der Waals surface area contributed by atoms with Crippen molar-refractivity contribution in [3.63, 3.8) is 0 Å². The zero-order valence-corrected chi connectivity index (χ0v) is 12.1. The number of hydrogen-bond acceptors (Lipinski definition) is 3. The molecule has 2 unspecified atom stereocenters. The summed E-state index contributed by atoms with van der Waals surface area (Å²) in [6, 6.07) is 2.12. The normalized spacial score (nSPS) is 19.8. The van der Waals surface area contributed by atoms with Crippen LogP contribution in [0.3, 0.4) is 0 Å². The van der Waals surface area contributed by atoms with E-state index in [1.807, 2.05) is 0 Å². The molecule has 130 valence electrons. The van der Waals surface area contributed by atoms with Gasteiger partial charge in [-0.3, -0.25) is 4.90 Å². The van der Waals surface area contributed by atoms with Crippen LogP contribution in [0.1, 0.15) is 18.1 Å². The maximum absolute atomic E-state index is 13.0. The first kappa shape index (κ1) is 17.9. The molecule has 0 bridgehead atoms. The fourth-order valence-electron chi connectivity index (χ4n) is 2.33. The molecule has 4 nitrogen and oxygen atoms in total. The van der Waals surface area contributed by atoms with Crippen LogP contribution in [0.5, 0.6) is 0 Å². The first-order chi connectivity index (χ1) is 11.0. The van der Waals surface area contributed by atoms with Gasteiger partial charge in [0.25, 0.3) is 0 Å². The molecule has 0 radical (unpaired) electrons. The molecule has 1 saturated heterocycles. The van der Waals surface area contributed by atoms with Crippen LogP contribution in [0.2, 0.25) is 0 Å². The van der Waals surface area contributed by atoms with Crippen LogP contribution >= 0.6 is 0 Å². The SMILES string of the molecule is CC(C1COC(=O)N1c1ccc(C#N)c(C(F)(F)F)c1)C(F)(F)F. The highest BCUT2D eigenvalue weighted by Gasteiger charge is 2.49. The minimum absolute atomic E-state index is 0.412. The van der Waals surface area contributed by atoms with E-state index in [0.717, 1.165) is 19.1 Å². The zero-order chi connectivity index (χ0) is 18.3. The van der Waals surface area contributed by atoms with Crippen molar-refractivity contribution in [1.82, 2.24) is 0 Å². The molecular weight excluding hydrogens is 342 g/mol. The second-order valence-corrected chi connectivity index (χ2v) is 5.18. The summed E-state index contributed by atoms with van der Waals surface area (Å²) >= 11 is 0. The molecule has 1 aliphatic heterocycles. The molecule has 1 fully saturated rings. The van der Waals surface area contributed by atoms with Crippen molar-refractivity contribution in [3.05, 3.63) is 29.3 Å². The summed E-state index contributed by atoms with van der Waals surface area (Å²) in [6.07, 6.45) is -10.7. The van der Waals surface area contributed by atoms with E-state index in [2.05, 4.69) is 4.74 Å². The summed E-state index contributed by atoms with van der Waals surface area (Å²) in [5.41, 5.74) is -2.44. The van der Waals surface area contributed by atoms with Crippen LogP contribution in [0.15, 0.2) is 18.2 Å². The van der Waals surface area contributed by atoms with Gasteiger partial charge in [-0.05, 0) is 18.2 Å². The fraction of sp³-hybridized carbons (Fsp3) is 0.429. The number of halogens is 6. The monoisotopic (exact) mass is 352 g/mol. The second kappa shape index (κ2) is 5.89. The van der Waals surface area contributed by atoms with Crippen molar-refractivity contribution in [3.8, 4) is 6.07 Å². The van der Waals surface area contributed by atoms with E-state index in [4.69, 9.17) is 5.26 Å². The number of benzene rings is 1. The largest absolute Gasteiger partial charge is 0.447 e. The Bertz CT molecular complexity index is 692. The molecule has 24 heavy (non-hydrogen) atoms. The van der Waals surface area contributed by atoms with E-state index in [1.54, 1.807) is 0 Å². The lowest BCUT2D eigenvalue weighted by Gasteiger charge is -2.28. The number of carbonyl (C=O) groups excluding carboxylic acids is 1. The molecule has 0 N–H and O–H groups in total. The van der Waals surface area contributed by atoms with Gasteiger partial charge in [0, 0.05) is 5.69 Å². The first-order valence-corrected chi connectivity index (χ1v) is 6.61. The average Bonchev–Trinajstić information content (AvgIpc) is 2.85. The molecule has 0 aliphatic carbocycles. The van der Waals surface area contributed by atoms with Crippen molar-refractivity contribution in [2.24, 2.45) is 5.92 Å². The predicted molar refractivity (Wildman–Crippen MR) is 69.0 cm³/mol. The lowest BCUT2D eigenvalue weighted by Crippen LogP contribution is -2.44. The van der Waals surface area contributed by atoms with E-state index in [-0.39, 0.29) is 0 Å². The van der Waals surface area contributed by atoms with Crippen molar-refractivity contribution >= 4 is 11.8 Å². The van der Waals surface area contributed by atoms with E-state index in [1.165, 1.54) is 6.07 Å². The summed E-state index contributed by atoms with van der Waals surface area (Å²) < 4.78 is 82.2. The Balaban J connectivity index is 2.49. The van der Waals surface area contributed by atoms with Crippen molar-refractivity contribution in [2.75, 3.05) is 11.5 Å². The molecule has 1 aromatic rings. The van der Waals surface area contributed by atoms with Gasteiger partial charge >= 0.3 is 18.4 Å². The lowest BCUT2D eigenvalue weighted by molar-refractivity contribution is -0.174. The van der Waals surface area contributed by atoms with Crippen molar-refractivity contribution in [2.45, 2.75) is 25.3 Å². The summed E-state index contributed by atoms with van der Waals surface area (Å²) in [7, 11) is 0. The molecule has 2 rings (SSSR count). The number of nitrogens with zero attached hydrogens (tertiary/aromatic N) is 2. The Morgan fingerprint density at radius 2 is 1.92 bits per heavy atom. The summed E-state index contributed by atoms with van der Waals surface area (Å²) in [6.45, 7) is 0.217. The topological polar surface area (TPSA) is 53.3 Å². The highest BCUT2D eigenvalue weighted by atomic mass is 19.4. The lowest BCUT2D eigenvalue weighted by atomic mass is 9.99.